The van der Waals surface area contributed by atoms with Crippen molar-refractivity contribution in [2.45, 2.75) is 5.54 Å². The maximum absolute atomic E-state index is 12.0. The third kappa shape index (κ3) is 2.89. The Labute approximate surface area is 145 Å². The molecule has 4 N–H and O–H groups in total. The molecule has 24 heavy (non-hydrogen) atoms. The number of rotatable bonds is 3. The quantitative estimate of drug-likeness (QED) is 0.692. The van der Waals surface area contributed by atoms with Crippen LogP contribution >= 0.6 is 15.9 Å². The van der Waals surface area contributed by atoms with Crippen LogP contribution in [0.15, 0.2) is 53.0 Å². The number of hydrogen-bond acceptors (Lipinski definition) is 5. The molecule has 1 aliphatic rings. The van der Waals surface area contributed by atoms with Gasteiger partial charge in [0, 0.05) is 4.47 Å². The molecule has 0 spiro atoms. The molecule has 2 aromatic carbocycles. The van der Waals surface area contributed by atoms with Crippen molar-refractivity contribution in [1.29, 1.82) is 0 Å². The highest BCUT2D eigenvalue weighted by molar-refractivity contribution is 9.10. The molecule has 1 aliphatic heterocycles. The van der Waals surface area contributed by atoms with Crippen molar-refractivity contribution >= 4 is 33.8 Å². The molecule has 1 heterocycles. The summed E-state index contributed by atoms with van der Waals surface area (Å²) in [6, 6.07) is 12.5. The van der Waals surface area contributed by atoms with Crippen LogP contribution in [0.5, 0.6) is 11.5 Å². The van der Waals surface area contributed by atoms with Crippen molar-refractivity contribution in [3.63, 3.8) is 0 Å². The van der Waals surface area contributed by atoms with Gasteiger partial charge in [0.25, 0.3) is 11.8 Å². The van der Waals surface area contributed by atoms with Gasteiger partial charge in [-0.05, 0) is 42.0 Å². The molecule has 0 bridgehead atoms. The molecule has 2 aromatic rings. The molecule has 7 nitrogen and oxygen atoms in total. The number of carbonyl (C=O) groups excluding carboxylic acids is 3. The van der Waals surface area contributed by atoms with Crippen LogP contribution < -0.4 is 21.1 Å². The van der Waals surface area contributed by atoms with Crippen molar-refractivity contribution in [3.8, 4) is 11.5 Å². The van der Waals surface area contributed by atoms with Gasteiger partial charge in [0.15, 0.2) is 0 Å². The Hall–Kier alpha value is -2.71. The van der Waals surface area contributed by atoms with E-state index in [2.05, 4.69) is 15.9 Å². The summed E-state index contributed by atoms with van der Waals surface area (Å²) in [6.45, 7) is 0. The lowest BCUT2D eigenvalue weighted by molar-refractivity contribution is -0.138. The summed E-state index contributed by atoms with van der Waals surface area (Å²) in [5.74, 6) is -0.611. The fourth-order valence-electron chi connectivity index (χ4n) is 2.22. The average Bonchev–Trinajstić information content (AvgIpc) is 2.55. The molecule has 0 aromatic heterocycles. The van der Waals surface area contributed by atoms with Gasteiger partial charge in [0.05, 0.1) is 0 Å². The van der Waals surface area contributed by atoms with Gasteiger partial charge in [-0.25, -0.2) is 4.79 Å². The van der Waals surface area contributed by atoms with E-state index in [0.29, 0.717) is 11.5 Å². The molecule has 0 unspecified atom stereocenters. The third-order valence-corrected chi connectivity index (χ3v) is 4.06. The largest absolute Gasteiger partial charge is 0.457 e. The second-order valence-corrected chi connectivity index (χ2v) is 6.04. The van der Waals surface area contributed by atoms with E-state index in [1.54, 1.807) is 24.3 Å². The van der Waals surface area contributed by atoms with Crippen LogP contribution in [0, 0.1) is 0 Å². The van der Waals surface area contributed by atoms with Crippen LogP contribution in [0.3, 0.4) is 0 Å². The monoisotopic (exact) mass is 389 g/mol. The molecule has 4 amide bonds. The van der Waals surface area contributed by atoms with Crippen molar-refractivity contribution in [2.75, 3.05) is 0 Å². The summed E-state index contributed by atoms with van der Waals surface area (Å²) in [5.41, 5.74) is 4.20. The van der Waals surface area contributed by atoms with Gasteiger partial charge in [-0.15, -0.1) is 0 Å². The van der Waals surface area contributed by atoms with Gasteiger partial charge in [-0.3, -0.25) is 20.2 Å². The third-order valence-electron chi connectivity index (χ3n) is 3.53. The summed E-state index contributed by atoms with van der Waals surface area (Å²) >= 11 is 3.34. The van der Waals surface area contributed by atoms with Crippen molar-refractivity contribution in [3.05, 3.63) is 58.6 Å². The predicted octanol–water partition coefficient (Wildman–Crippen LogP) is 1.76. The number of carbonyl (C=O) groups is 3. The van der Waals surface area contributed by atoms with Gasteiger partial charge < -0.3 is 10.5 Å². The maximum atomic E-state index is 12.0. The van der Waals surface area contributed by atoms with E-state index >= 15 is 0 Å². The van der Waals surface area contributed by atoms with Gasteiger partial charge in [-0.1, -0.05) is 28.1 Å². The average molecular weight is 390 g/mol. The molecular weight excluding hydrogens is 378 g/mol. The first-order valence-corrected chi connectivity index (χ1v) is 7.68. The highest BCUT2D eigenvalue weighted by Gasteiger charge is 2.48. The zero-order valence-electron chi connectivity index (χ0n) is 12.2. The van der Waals surface area contributed by atoms with Crippen LogP contribution in [0.1, 0.15) is 5.56 Å². The predicted molar refractivity (Wildman–Crippen MR) is 88.2 cm³/mol. The Kier molecular flexibility index (Phi) is 4.08. The molecule has 122 valence electrons. The molecule has 0 saturated carbocycles. The molecule has 1 fully saturated rings. The second kappa shape index (κ2) is 6.06. The Morgan fingerprint density at radius 3 is 1.79 bits per heavy atom. The molecule has 3 rings (SSSR count). The summed E-state index contributed by atoms with van der Waals surface area (Å²) in [6.07, 6.45) is 0. The van der Waals surface area contributed by atoms with E-state index in [1.807, 2.05) is 22.8 Å². The normalized spacial score (nSPS) is 16.3. The number of amides is 4. The number of ether oxygens (including phenoxy) is 1. The van der Waals surface area contributed by atoms with Crippen LogP contribution in [0.25, 0.3) is 0 Å². The standard InChI is InChI=1S/C16H12BrN3O4/c17-10-3-7-12(8-4-10)24-11-5-1-9(2-6-11)16(18)13(21)19-15(23)20-14(16)22/h1-8H,18H2,(H2,19,20,21,22,23). The lowest BCUT2D eigenvalue weighted by Gasteiger charge is -2.30. The number of imide groups is 2. The smallest absolute Gasteiger partial charge is 0.328 e. The summed E-state index contributed by atoms with van der Waals surface area (Å²) < 4.78 is 6.59. The maximum Gasteiger partial charge on any atom is 0.328 e. The van der Waals surface area contributed by atoms with Gasteiger partial charge in [0.2, 0.25) is 5.54 Å². The van der Waals surface area contributed by atoms with Gasteiger partial charge in [-0.2, -0.15) is 0 Å². The number of nitrogens with two attached hydrogens (primary N) is 1. The molecular formula is C16H12BrN3O4. The van der Waals surface area contributed by atoms with Crippen molar-refractivity contribution in [2.24, 2.45) is 5.73 Å². The number of barbiturate groups is 1. The highest BCUT2D eigenvalue weighted by atomic mass is 79.9. The summed E-state index contributed by atoms with van der Waals surface area (Å²) in [7, 11) is 0. The molecule has 0 radical (unpaired) electrons. The second-order valence-electron chi connectivity index (χ2n) is 5.13. The Balaban J connectivity index is 1.83. The molecule has 0 aliphatic carbocycles. The Bertz CT molecular complexity index is 798. The minimum Gasteiger partial charge on any atom is -0.457 e. The Morgan fingerprint density at radius 1 is 0.833 bits per heavy atom. The van der Waals surface area contributed by atoms with E-state index in [1.165, 1.54) is 12.1 Å². The fourth-order valence-corrected chi connectivity index (χ4v) is 2.49. The number of benzene rings is 2. The number of halogens is 1. The Morgan fingerprint density at radius 2 is 1.29 bits per heavy atom. The zero-order valence-corrected chi connectivity index (χ0v) is 13.8. The van der Waals surface area contributed by atoms with Gasteiger partial charge >= 0.3 is 6.03 Å². The van der Waals surface area contributed by atoms with E-state index in [9.17, 15) is 14.4 Å². The first-order chi connectivity index (χ1) is 11.4. The number of nitrogens with one attached hydrogen (secondary N) is 2. The zero-order chi connectivity index (χ0) is 17.3. The van der Waals surface area contributed by atoms with E-state index in [4.69, 9.17) is 10.5 Å². The SMILES string of the molecule is NC1(c2ccc(Oc3ccc(Br)cc3)cc2)C(=O)NC(=O)NC1=O. The van der Waals surface area contributed by atoms with Crippen LogP contribution in [-0.2, 0) is 15.1 Å². The molecule has 1 saturated heterocycles. The molecule has 8 heteroatoms. The number of urea groups is 1. The highest BCUT2D eigenvalue weighted by Crippen LogP contribution is 2.27. The van der Waals surface area contributed by atoms with E-state index in [0.717, 1.165) is 4.47 Å². The number of hydrogen-bond donors (Lipinski definition) is 3. The van der Waals surface area contributed by atoms with Crippen LogP contribution in [0.4, 0.5) is 4.79 Å². The fraction of sp³-hybridized carbons (Fsp3) is 0.0625. The van der Waals surface area contributed by atoms with E-state index in [-0.39, 0.29) is 5.56 Å². The first-order valence-electron chi connectivity index (χ1n) is 6.89. The first kappa shape index (κ1) is 16.2. The summed E-state index contributed by atoms with van der Waals surface area (Å²) in [4.78, 5) is 35.1. The minimum atomic E-state index is -1.97. The van der Waals surface area contributed by atoms with Crippen LogP contribution in [0.2, 0.25) is 0 Å². The van der Waals surface area contributed by atoms with Crippen molar-refractivity contribution in [1.82, 2.24) is 10.6 Å². The van der Waals surface area contributed by atoms with E-state index < -0.39 is 23.4 Å². The lowest BCUT2D eigenvalue weighted by Crippen LogP contribution is -2.68. The lowest BCUT2D eigenvalue weighted by atomic mass is 9.88. The minimum absolute atomic E-state index is 0.244. The van der Waals surface area contributed by atoms with Crippen molar-refractivity contribution < 1.29 is 19.1 Å². The summed E-state index contributed by atoms with van der Waals surface area (Å²) in [5, 5.41) is 3.98. The topological polar surface area (TPSA) is 111 Å². The molecule has 0 atom stereocenters. The van der Waals surface area contributed by atoms with Gasteiger partial charge in [0.1, 0.15) is 11.5 Å². The van der Waals surface area contributed by atoms with Crippen LogP contribution in [-0.4, -0.2) is 17.8 Å².